The molecule has 0 radical (unpaired) electrons. The lowest BCUT2D eigenvalue weighted by atomic mass is 10.1. The van der Waals surface area contributed by atoms with Gasteiger partial charge in [0, 0.05) is 11.6 Å². The third-order valence-electron chi connectivity index (χ3n) is 2.81. The van der Waals surface area contributed by atoms with Crippen LogP contribution in [0.4, 0.5) is 23.4 Å². The van der Waals surface area contributed by atoms with E-state index in [1.165, 1.54) is 16.9 Å². The van der Waals surface area contributed by atoms with Crippen molar-refractivity contribution in [3.05, 3.63) is 47.4 Å². The van der Waals surface area contributed by atoms with Gasteiger partial charge in [0.15, 0.2) is 0 Å². The molecule has 2 N–H and O–H groups in total. The van der Waals surface area contributed by atoms with E-state index in [-0.39, 0.29) is 24.5 Å². The molecule has 9 heteroatoms. The van der Waals surface area contributed by atoms with Crippen LogP contribution in [0.3, 0.4) is 0 Å². The molecule has 1 aromatic carbocycles. The molecule has 118 valence electrons. The lowest BCUT2D eigenvalue weighted by Crippen LogP contribution is -2.17. The van der Waals surface area contributed by atoms with E-state index in [1.54, 1.807) is 0 Å². The maximum atomic E-state index is 13.4. The highest BCUT2D eigenvalue weighted by Gasteiger charge is 2.34. The Kier molecular flexibility index (Phi) is 4.45. The van der Waals surface area contributed by atoms with Crippen molar-refractivity contribution in [2.24, 2.45) is 0 Å². The Hall–Kier alpha value is -2.42. The summed E-state index contributed by atoms with van der Waals surface area (Å²) in [7, 11) is 0. The maximum Gasteiger partial charge on any atom is 0.419 e. The number of nitrogens with zero attached hydrogens (tertiary/aromatic N) is 2. The van der Waals surface area contributed by atoms with Gasteiger partial charge in [0.25, 0.3) is 5.91 Å². The molecule has 0 spiro atoms. The van der Waals surface area contributed by atoms with Crippen LogP contribution >= 0.6 is 0 Å². The number of hydrogen-bond acceptors (Lipinski definition) is 3. The fraction of sp³-hybridized carbons (Fsp3) is 0.231. The maximum absolute atomic E-state index is 13.4. The first-order chi connectivity index (χ1) is 10.3. The summed E-state index contributed by atoms with van der Waals surface area (Å²) < 4.78 is 52.1. The van der Waals surface area contributed by atoms with Gasteiger partial charge in [-0.2, -0.15) is 18.3 Å². The fourth-order valence-corrected chi connectivity index (χ4v) is 1.79. The Bertz CT molecular complexity index is 682. The van der Waals surface area contributed by atoms with Crippen molar-refractivity contribution in [2.45, 2.75) is 12.7 Å². The van der Waals surface area contributed by atoms with Gasteiger partial charge in [-0.05, 0) is 18.2 Å². The van der Waals surface area contributed by atoms with Crippen molar-refractivity contribution in [3.8, 4) is 0 Å². The molecule has 1 aromatic heterocycles. The highest BCUT2D eigenvalue weighted by Crippen LogP contribution is 2.31. The number of hydrogen-bond donors (Lipinski definition) is 2. The first-order valence-corrected chi connectivity index (χ1v) is 6.13. The monoisotopic (exact) mass is 317 g/mol. The van der Waals surface area contributed by atoms with Gasteiger partial charge in [-0.15, -0.1) is 0 Å². The SMILES string of the molecule is O=C(Nc1ccnn1CCO)c1ccc(C(F)(F)F)c(F)c1. The number of carbonyl (C=O) groups excluding carboxylic acids is 1. The van der Waals surface area contributed by atoms with Gasteiger partial charge in [-0.1, -0.05) is 0 Å². The minimum absolute atomic E-state index is 0.129. The molecule has 0 fully saturated rings. The number of alkyl halides is 3. The summed E-state index contributed by atoms with van der Waals surface area (Å²) in [6.45, 7) is -0.0799. The second kappa shape index (κ2) is 6.14. The molecule has 0 aliphatic carbocycles. The number of benzene rings is 1. The third kappa shape index (κ3) is 3.42. The van der Waals surface area contributed by atoms with Crippen LogP contribution in [0.25, 0.3) is 0 Å². The minimum atomic E-state index is -4.82. The van der Waals surface area contributed by atoms with Crippen molar-refractivity contribution in [1.82, 2.24) is 9.78 Å². The summed E-state index contributed by atoms with van der Waals surface area (Å²) in [6.07, 6.45) is -3.45. The van der Waals surface area contributed by atoms with Crippen molar-refractivity contribution in [3.63, 3.8) is 0 Å². The molecule has 22 heavy (non-hydrogen) atoms. The quantitative estimate of drug-likeness (QED) is 0.850. The van der Waals surface area contributed by atoms with Crippen LogP contribution in [0.15, 0.2) is 30.5 Å². The van der Waals surface area contributed by atoms with Crippen LogP contribution in [-0.2, 0) is 12.7 Å². The summed E-state index contributed by atoms with van der Waals surface area (Å²) in [6, 6.07) is 3.35. The number of halogens is 4. The summed E-state index contributed by atoms with van der Waals surface area (Å²) >= 11 is 0. The number of carbonyl (C=O) groups is 1. The van der Waals surface area contributed by atoms with E-state index >= 15 is 0 Å². The fourth-order valence-electron chi connectivity index (χ4n) is 1.79. The van der Waals surface area contributed by atoms with Crippen LogP contribution in [0, 0.1) is 5.82 Å². The molecule has 2 aromatic rings. The van der Waals surface area contributed by atoms with Crippen LogP contribution in [0.1, 0.15) is 15.9 Å². The van der Waals surface area contributed by atoms with E-state index in [4.69, 9.17) is 5.11 Å². The third-order valence-corrected chi connectivity index (χ3v) is 2.81. The van der Waals surface area contributed by atoms with Gasteiger partial charge >= 0.3 is 6.18 Å². The average Bonchev–Trinajstić information content (AvgIpc) is 2.85. The van der Waals surface area contributed by atoms with Crippen LogP contribution in [-0.4, -0.2) is 27.4 Å². The Morgan fingerprint density at radius 2 is 2.05 bits per heavy atom. The number of aliphatic hydroxyl groups is 1. The molecular weight excluding hydrogens is 306 g/mol. The lowest BCUT2D eigenvalue weighted by Gasteiger charge is -2.10. The van der Waals surface area contributed by atoms with Crippen LogP contribution in [0.2, 0.25) is 0 Å². The summed E-state index contributed by atoms with van der Waals surface area (Å²) in [5.74, 6) is -2.07. The zero-order valence-corrected chi connectivity index (χ0v) is 11.1. The number of anilines is 1. The second-order valence-electron chi connectivity index (χ2n) is 4.31. The normalized spacial score (nSPS) is 11.5. The average molecular weight is 317 g/mol. The van der Waals surface area contributed by atoms with E-state index in [2.05, 4.69) is 10.4 Å². The highest BCUT2D eigenvalue weighted by atomic mass is 19.4. The molecule has 5 nitrogen and oxygen atoms in total. The van der Waals surface area contributed by atoms with E-state index in [0.29, 0.717) is 12.1 Å². The first-order valence-electron chi connectivity index (χ1n) is 6.13. The van der Waals surface area contributed by atoms with Gasteiger partial charge in [0.2, 0.25) is 0 Å². The molecule has 2 rings (SSSR count). The van der Waals surface area contributed by atoms with Crippen molar-refractivity contribution < 1.29 is 27.5 Å². The van der Waals surface area contributed by atoms with Gasteiger partial charge in [-0.25, -0.2) is 9.07 Å². The summed E-state index contributed by atoms with van der Waals surface area (Å²) in [5, 5.41) is 15.0. The molecule has 0 saturated carbocycles. The molecular formula is C13H11F4N3O2. The van der Waals surface area contributed by atoms with E-state index in [9.17, 15) is 22.4 Å². The van der Waals surface area contributed by atoms with Crippen molar-refractivity contribution in [2.75, 3.05) is 11.9 Å². The van der Waals surface area contributed by atoms with E-state index < -0.39 is 23.5 Å². The minimum Gasteiger partial charge on any atom is -0.394 e. The molecule has 0 aliphatic heterocycles. The molecule has 0 bridgehead atoms. The molecule has 0 atom stereocenters. The summed E-state index contributed by atoms with van der Waals surface area (Å²) in [5.41, 5.74) is -1.70. The van der Waals surface area contributed by atoms with Gasteiger partial charge in [0.1, 0.15) is 11.6 Å². The Morgan fingerprint density at radius 3 is 2.64 bits per heavy atom. The number of aliphatic hydroxyl groups excluding tert-OH is 1. The number of aromatic nitrogens is 2. The number of nitrogens with one attached hydrogen (secondary N) is 1. The number of rotatable bonds is 4. The zero-order valence-electron chi connectivity index (χ0n) is 11.1. The first kappa shape index (κ1) is 16.0. The van der Waals surface area contributed by atoms with E-state index in [1.807, 2.05) is 0 Å². The van der Waals surface area contributed by atoms with Gasteiger partial charge < -0.3 is 10.4 Å². The Morgan fingerprint density at radius 1 is 1.32 bits per heavy atom. The van der Waals surface area contributed by atoms with Gasteiger partial charge in [-0.3, -0.25) is 4.79 Å². The molecule has 0 saturated heterocycles. The zero-order chi connectivity index (χ0) is 16.3. The van der Waals surface area contributed by atoms with Crippen LogP contribution in [0.5, 0.6) is 0 Å². The number of amides is 1. The smallest absolute Gasteiger partial charge is 0.394 e. The Labute approximate surface area is 122 Å². The largest absolute Gasteiger partial charge is 0.419 e. The summed E-state index contributed by atoms with van der Waals surface area (Å²) in [4.78, 5) is 11.9. The lowest BCUT2D eigenvalue weighted by molar-refractivity contribution is -0.140. The Balaban J connectivity index is 2.20. The topological polar surface area (TPSA) is 67.2 Å². The van der Waals surface area contributed by atoms with Gasteiger partial charge in [0.05, 0.1) is 24.9 Å². The van der Waals surface area contributed by atoms with Crippen molar-refractivity contribution >= 4 is 11.7 Å². The molecule has 0 unspecified atom stereocenters. The predicted octanol–water partition coefficient (Wildman–Crippen LogP) is 2.29. The predicted molar refractivity (Wildman–Crippen MR) is 68.7 cm³/mol. The van der Waals surface area contributed by atoms with Crippen LogP contribution < -0.4 is 5.32 Å². The molecule has 1 amide bonds. The standard InChI is InChI=1S/C13H11F4N3O2/c14-10-7-8(1-2-9(10)13(15,16)17)12(22)19-11-3-4-18-20(11)5-6-21/h1-4,7,21H,5-6H2,(H,19,22). The molecule has 1 heterocycles. The van der Waals surface area contributed by atoms with Crippen molar-refractivity contribution in [1.29, 1.82) is 0 Å². The molecule has 0 aliphatic rings. The van der Waals surface area contributed by atoms with E-state index in [0.717, 1.165) is 6.07 Å². The highest BCUT2D eigenvalue weighted by molar-refractivity contribution is 6.03. The second-order valence-corrected chi connectivity index (χ2v) is 4.31.